The quantitative estimate of drug-likeness (QED) is 0.114. The standard InChI is InChI=1S/C42H36ClF7N4O/c1-5-24-11-9-12-25(6-2)35(24)54-36(30-16-17-34(44)37-31(30)18-19-53(37)39(55)29-13-8-7-10-26(29)21-43)32-23-52(40(3,4)38(32)51-54)22-27-14-15-28(41(45,46)47)20-33(27)42(48,49)50/h7-20H,5-6,21-23H2,1-4H3. The molecule has 0 unspecified atom stereocenters. The highest BCUT2D eigenvalue weighted by Crippen LogP contribution is 2.48. The number of rotatable bonds is 8. The summed E-state index contributed by atoms with van der Waals surface area (Å²) in [6.07, 6.45) is -7.18. The molecule has 0 atom stereocenters. The van der Waals surface area contributed by atoms with Crippen molar-refractivity contribution < 1.29 is 35.5 Å². The number of carbonyl (C=O) groups is 1. The summed E-state index contributed by atoms with van der Waals surface area (Å²) in [7, 11) is 0. The van der Waals surface area contributed by atoms with E-state index in [1.807, 2.05) is 50.6 Å². The Morgan fingerprint density at radius 3 is 2.15 bits per heavy atom. The lowest BCUT2D eigenvalue weighted by atomic mass is 9.96. The second-order valence-electron chi connectivity index (χ2n) is 14.1. The number of benzene rings is 4. The lowest BCUT2D eigenvalue weighted by molar-refractivity contribution is -0.143. The van der Waals surface area contributed by atoms with Crippen molar-refractivity contribution in [1.29, 1.82) is 0 Å². The summed E-state index contributed by atoms with van der Waals surface area (Å²) < 4.78 is 102. The van der Waals surface area contributed by atoms with E-state index in [1.165, 1.54) is 16.8 Å². The molecular formula is C42H36ClF7N4O. The van der Waals surface area contributed by atoms with Gasteiger partial charge in [-0.2, -0.15) is 31.4 Å². The molecule has 0 amide bonds. The maximum atomic E-state index is 16.0. The van der Waals surface area contributed by atoms with Crippen molar-refractivity contribution in [1.82, 2.24) is 19.2 Å². The molecule has 0 N–H and O–H groups in total. The van der Waals surface area contributed by atoms with Crippen molar-refractivity contribution in [3.8, 4) is 16.9 Å². The van der Waals surface area contributed by atoms with Crippen LogP contribution in [0.15, 0.2) is 85.1 Å². The summed E-state index contributed by atoms with van der Waals surface area (Å²) in [5, 5.41) is 5.59. The summed E-state index contributed by atoms with van der Waals surface area (Å²) in [5.41, 5.74) is 1.99. The molecule has 1 aliphatic rings. The van der Waals surface area contributed by atoms with Crippen LogP contribution >= 0.6 is 11.6 Å². The third kappa shape index (κ3) is 6.52. The van der Waals surface area contributed by atoms with Crippen molar-refractivity contribution in [3.63, 3.8) is 0 Å². The van der Waals surface area contributed by atoms with Crippen LogP contribution in [0.2, 0.25) is 0 Å². The maximum absolute atomic E-state index is 16.0. The van der Waals surface area contributed by atoms with Gasteiger partial charge in [0.1, 0.15) is 5.82 Å². The third-order valence-corrected chi connectivity index (χ3v) is 10.9. The lowest BCUT2D eigenvalue weighted by Crippen LogP contribution is -2.36. The highest BCUT2D eigenvalue weighted by Gasteiger charge is 2.45. The Labute approximate surface area is 317 Å². The fourth-order valence-electron chi connectivity index (χ4n) is 7.74. The zero-order valence-corrected chi connectivity index (χ0v) is 31.1. The second-order valence-corrected chi connectivity index (χ2v) is 14.4. The molecule has 0 fully saturated rings. The van der Waals surface area contributed by atoms with E-state index < -0.39 is 40.7 Å². The van der Waals surface area contributed by atoms with Crippen LogP contribution in [-0.4, -0.2) is 25.2 Å². The van der Waals surface area contributed by atoms with E-state index in [0.29, 0.717) is 57.9 Å². The summed E-state index contributed by atoms with van der Waals surface area (Å²) in [5.74, 6) is -1.05. The summed E-state index contributed by atoms with van der Waals surface area (Å²) >= 11 is 6.15. The van der Waals surface area contributed by atoms with Gasteiger partial charge in [-0.05, 0) is 85.3 Å². The van der Waals surface area contributed by atoms with Gasteiger partial charge in [0.05, 0.1) is 39.3 Å². The van der Waals surface area contributed by atoms with Gasteiger partial charge in [-0.1, -0.05) is 56.3 Å². The Morgan fingerprint density at radius 1 is 0.836 bits per heavy atom. The van der Waals surface area contributed by atoms with Crippen LogP contribution in [0.25, 0.3) is 27.8 Å². The maximum Gasteiger partial charge on any atom is 0.416 e. The molecule has 13 heteroatoms. The number of alkyl halides is 7. The topological polar surface area (TPSA) is 43.1 Å². The molecule has 4 aromatic carbocycles. The summed E-state index contributed by atoms with van der Waals surface area (Å²) in [4.78, 5) is 15.7. The minimum Gasteiger partial charge on any atom is -0.284 e. The lowest BCUT2D eigenvalue weighted by Gasteiger charge is -2.33. The largest absolute Gasteiger partial charge is 0.416 e. The molecule has 7 rings (SSSR count). The second kappa shape index (κ2) is 14.0. The van der Waals surface area contributed by atoms with Crippen molar-refractivity contribution in [2.75, 3.05) is 0 Å². The number of aryl methyl sites for hydroxylation is 2. The van der Waals surface area contributed by atoms with Crippen LogP contribution in [0.5, 0.6) is 0 Å². The summed E-state index contributed by atoms with van der Waals surface area (Å²) in [6, 6.07) is 19.0. The molecule has 6 aromatic rings. The Bertz CT molecular complexity index is 2440. The van der Waals surface area contributed by atoms with E-state index >= 15 is 4.39 Å². The number of nitrogens with zero attached hydrogens (tertiary/aromatic N) is 4. The minimum absolute atomic E-state index is 0.0292. The van der Waals surface area contributed by atoms with Crippen molar-refractivity contribution in [2.45, 2.75) is 77.4 Å². The van der Waals surface area contributed by atoms with Crippen LogP contribution in [0.1, 0.15) is 82.7 Å². The van der Waals surface area contributed by atoms with Gasteiger partial charge in [-0.15, -0.1) is 11.6 Å². The van der Waals surface area contributed by atoms with Gasteiger partial charge in [-0.25, -0.2) is 9.07 Å². The summed E-state index contributed by atoms with van der Waals surface area (Å²) in [6.45, 7) is 7.41. The number of para-hydroxylation sites is 1. The molecule has 2 aromatic heterocycles. The van der Waals surface area contributed by atoms with E-state index in [0.717, 1.165) is 22.9 Å². The number of hydrogen-bond donors (Lipinski definition) is 0. The molecule has 3 heterocycles. The predicted molar refractivity (Wildman–Crippen MR) is 198 cm³/mol. The first-order valence-electron chi connectivity index (χ1n) is 17.8. The molecule has 0 spiro atoms. The van der Waals surface area contributed by atoms with Gasteiger partial charge in [0.2, 0.25) is 0 Å². The Hall–Kier alpha value is -4.94. The fraction of sp³-hybridized carbons (Fsp3) is 0.286. The van der Waals surface area contributed by atoms with Crippen LogP contribution in [0.3, 0.4) is 0 Å². The van der Waals surface area contributed by atoms with Gasteiger partial charge < -0.3 is 0 Å². The Morgan fingerprint density at radius 2 is 1.51 bits per heavy atom. The van der Waals surface area contributed by atoms with Gasteiger partial charge in [0.25, 0.3) is 5.91 Å². The smallest absolute Gasteiger partial charge is 0.284 e. The van der Waals surface area contributed by atoms with Gasteiger partial charge in [0.15, 0.2) is 0 Å². The average Bonchev–Trinajstić information content (AvgIpc) is 3.83. The zero-order valence-electron chi connectivity index (χ0n) is 30.3. The Kier molecular flexibility index (Phi) is 9.74. The van der Waals surface area contributed by atoms with Crippen LogP contribution in [0, 0.1) is 5.82 Å². The van der Waals surface area contributed by atoms with Crippen LogP contribution in [-0.2, 0) is 49.7 Å². The monoisotopic (exact) mass is 780 g/mol. The normalized spacial score (nSPS) is 14.5. The van der Waals surface area contributed by atoms with Crippen molar-refractivity contribution in [3.05, 3.63) is 141 Å². The molecule has 0 bridgehead atoms. The minimum atomic E-state index is -5.04. The van der Waals surface area contributed by atoms with E-state index in [2.05, 4.69) is 0 Å². The van der Waals surface area contributed by atoms with Gasteiger partial charge in [0, 0.05) is 47.2 Å². The molecular weight excluding hydrogens is 745 g/mol. The highest BCUT2D eigenvalue weighted by molar-refractivity contribution is 6.18. The predicted octanol–water partition coefficient (Wildman–Crippen LogP) is 11.5. The molecule has 1 aliphatic heterocycles. The van der Waals surface area contributed by atoms with Gasteiger partial charge in [-0.3, -0.25) is 14.3 Å². The number of carbonyl (C=O) groups excluding carboxylic acids is 1. The molecule has 0 radical (unpaired) electrons. The molecule has 0 aliphatic carbocycles. The number of fused-ring (bicyclic) bond motifs is 2. The first-order chi connectivity index (χ1) is 26.0. The van der Waals surface area contributed by atoms with E-state index in [4.69, 9.17) is 16.7 Å². The van der Waals surface area contributed by atoms with E-state index in [-0.39, 0.29) is 36.1 Å². The zero-order chi connectivity index (χ0) is 39.6. The molecule has 0 saturated heterocycles. The van der Waals surface area contributed by atoms with E-state index in [9.17, 15) is 31.1 Å². The molecule has 0 saturated carbocycles. The first-order valence-corrected chi connectivity index (χ1v) is 18.3. The number of aromatic nitrogens is 3. The third-order valence-electron chi connectivity index (χ3n) is 10.6. The van der Waals surface area contributed by atoms with Crippen LogP contribution < -0.4 is 0 Å². The number of hydrogen-bond acceptors (Lipinski definition) is 3. The SMILES string of the molecule is CCc1cccc(CC)c1-n1nc2c(c1-c1ccc(F)c3c1ccn3C(=O)c1ccccc1CCl)CN(Cc1ccc(C(F)(F)F)cc1C(F)(F)F)C2(C)C. The molecule has 286 valence electrons. The van der Waals surface area contributed by atoms with E-state index in [1.54, 1.807) is 41.3 Å². The molecule has 5 nitrogen and oxygen atoms in total. The highest BCUT2D eigenvalue weighted by atomic mass is 35.5. The van der Waals surface area contributed by atoms with Crippen molar-refractivity contribution >= 4 is 28.4 Å². The average molecular weight is 781 g/mol. The van der Waals surface area contributed by atoms with Crippen molar-refractivity contribution in [2.24, 2.45) is 0 Å². The van der Waals surface area contributed by atoms with Gasteiger partial charge >= 0.3 is 12.4 Å². The Balaban J connectivity index is 1.43. The molecule has 55 heavy (non-hydrogen) atoms. The number of halogens is 8. The fourth-order valence-corrected chi connectivity index (χ4v) is 7.97. The van der Waals surface area contributed by atoms with Crippen LogP contribution in [0.4, 0.5) is 30.7 Å². The first kappa shape index (κ1) is 38.3.